The van der Waals surface area contributed by atoms with Crippen LogP contribution < -0.4 is 16.4 Å². The van der Waals surface area contributed by atoms with Crippen LogP contribution in [0.1, 0.15) is 13.3 Å². The SMILES string of the molecule is CC1(C(N)=O)CCN(c2ccnc3c(N)cccc23)C1. The first-order valence-electron chi connectivity index (χ1n) is 6.69. The minimum Gasteiger partial charge on any atom is -0.397 e. The number of nitrogen functional groups attached to an aromatic ring is 1. The molecule has 1 aromatic heterocycles. The summed E-state index contributed by atoms with van der Waals surface area (Å²) >= 11 is 0. The number of aromatic nitrogens is 1. The molecule has 1 aliphatic heterocycles. The highest BCUT2D eigenvalue weighted by Crippen LogP contribution is 2.36. The fourth-order valence-electron chi connectivity index (χ4n) is 2.83. The van der Waals surface area contributed by atoms with Gasteiger partial charge in [0.2, 0.25) is 5.91 Å². The lowest BCUT2D eigenvalue weighted by atomic mass is 9.89. The van der Waals surface area contributed by atoms with Gasteiger partial charge in [0.05, 0.1) is 16.6 Å². The van der Waals surface area contributed by atoms with Crippen molar-refractivity contribution in [2.45, 2.75) is 13.3 Å². The van der Waals surface area contributed by atoms with Crippen molar-refractivity contribution in [2.24, 2.45) is 11.1 Å². The fraction of sp³-hybridized carbons (Fsp3) is 0.333. The summed E-state index contributed by atoms with van der Waals surface area (Å²) in [5.41, 5.74) is 13.6. The zero-order valence-corrected chi connectivity index (χ0v) is 11.5. The van der Waals surface area contributed by atoms with Gasteiger partial charge in [-0.3, -0.25) is 9.78 Å². The van der Waals surface area contributed by atoms with E-state index in [1.54, 1.807) is 6.20 Å². The predicted molar refractivity (Wildman–Crippen MR) is 80.3 cm³/mol. The number of amides is 1. The zero-order valence-electron chi connectivity index (χ0n) is 11.5. The van der Waals surface area contributed by atoms with Crippen LogP contribution in [0.4, 0.5) is 11.4 Å². The van der Waals surface area contributed by atoms with Crippen molar-refractivity contribution in [3.63, 3.8) is 0 Å². The Morgan fingerprint density at radius 3 is 2.90 bits per heavy atom. The number of hydrogen-bond donors (Lipinski definition) is 2. The molecule has 104 valence electrons. The number of carbonyl (C=O) groups is 1. The highest BCUT2D eigenvalue weighted by atomic mass is 16.1. The lowest BCUT2D eigenvalue weighted by molar-refractivity contribution is -0.125. The van der Waals surface area contributed by atoms with E-state index in [1.807, 2.05) is 31.2 Å². The number of fused-ring (bicyclic) bond motifs is 1. The Kier molecular flexibility index (Phi) is 2.78. The molecule has 3 rings (SSSR count). The van der Waals surface area contributed by atoms with E-state index in [0.29, 0.717) is 12.2 Å². The van der Waals surface area contributed by atoms with Crippen molar-refractivity contribution in [1.29, 1.82) is 0 Å². The van der Waals surface area contributed by atoms with Gasteiger partial charge in [0.1, 0.15) is 0 Å². The molecule has 1 fully saturated rings. The molecule has 1 aromatic carbocycles. The van der Waals surface area contributed by atoms with Crippen molar-refractivity contribution in [2.75, 3.05) is 23.7 Å². The summed E-state index contributed by atoms with van der Waals surface area (Å²) in [5, 5.41) is 1.02. The lowest BCUT2D eigenvalue weighted by Gasteiger charge is -2.23. The topological polar surface area (TPSA) is 85.2 Å². The first-order chi connectivity index (χ1) is 9.51. The Morgan fingerprint density at radius 2 is 2.20 bits per heavy atom. The van der Waals surface area contributed by atoms with Crippen molar-refractivity contribution >= 4 is 28.2 Å². The number of anilines is 2. The molecular weight excluding hydrogens is 252 g/mol. The quantitative estimate of drug-likeness (QED) is 0.810. The maximum absolute atomic E-state index is 11.6. The van der Waals surface area contributed by atoms with E-state index < -0.39 is 5.41 Å². The van der Waals surface area contributed by atoms with E-state index in [9.17, 15) is 4.79 Å². The number of nitrogens with two attached hydrogens (primary N) is 2. The standard InChI is InChI=1S/C15H18N4O/c1-15(14(17)20)6-8-19(9-15)12-5-7-18-13-10(12)3-2-4-11(13)16/h2-5,7H,6,8-9,16H2,1H3,(H2,17,20). The van der Waals surface area contributed by atoms with E-state index >= 15 is 0 Å². The van der Waals surface area contributed by atoms with Crippen molar-refractivity contribution in [3.05, 3.63) is 30.5 Å². The van der Waals surface area contributed by atoms with Crippen LogP contribution in [-0.2, 0) is 4.79 Å². The van der Waals surface area contributed by atoms with E-state index in [4.69, 9.17) is 11.5 Å². The summed E-state index contributed by atoms with van der Waals surface area (Å²) in [6.07, 6.45) is 2.53. The van der Waals surface area contributed by atoms with Gasteiger partial charge in [0, 0.05) is 30.4 Å². The number of primary amides is 1. The number of benzene rings is 1. The molecule has 1 saturated heterocycles. The van der Waals surface area contributed by atoms with Gasteiger partial charge < -0.3 is 16.4 Å². The predicted octanol–water partition coefficient (Wildman–Crippen LogP) is 1.52. The van der Waals surface area contributed by atoms with Gasteiger partial charge in [0.15, 0.2) is 0 Å². The van der Waals surface area contributed by atoms with Gasteiger partial charge >= 0.3 is 0 Å². The maximum Gasteiger partial charge on any atom is 0.225 e. The van der Waals surface area contributed by atoms with E-state index in [0.717, 1.165) is 29.6 Å². The van der Waals surface area contributed by atoms with Crippen molar-refractivity contribution in [3.8, 4) is 0 Å². The third-order valence-electron chi connectivity index (χ3n) is 4.19. The van der Waals surface area contributed by atoms with Gasteiger partial charge in [-0.15, -0.1) is 0 Å². The summed E-state index contributed by atoms with van der Waals surface area (Å²) in [6.45, 7) is 3.37. The Bertz CT molecular complexity index is 685. The molecule has 1 aliphatic rings. The average molecular weight is 270 g/mol. The molecule has 5 nitrogen and oxygen atoms in total. The molecule has 0 aliphatic carbocycles. The normalized spacial score (nSPS) is 22.4. The van der Waals surface area contributed by atoms with Crippen LogP contribution >= 0.6 is 0 Å². The molecule has 20 heavy (non-hydrogen) atoms. The molecule has 2 heterocycles. The highest BCUT2D eigenvalue weighted by Gasteiger charge is 2.39. The van der Waals surface area contributed by atoms with Crippen LogP contribution in [0.5, 0.6) is 0 Å². The second-order valence-corrected chi connectivity index (χ2v) is 5.67. The molecule has 0 spiro atoms. The van der Waals surface area contributed by atoms with Gasteiger partial charge in [-0.25, -0.2) is 0 Å². The van der Waals surface area contributed by atoms with Gasteiger partial charge in [-0.05, 0) is 25.5 Å². The first kappa shape index (κ1) is 12.7. The summed E-state index contributed by atoms with van der Waals surface area (Å²) in [6, 6.07) is 7.74. The second-order valence-electron chi connectivity index (χ2n) is 5.67. The van der Waals surface area contributed by atoms with Crippen LogP contribution in [-0.4, -0.2) is 24.0 Å². The highest BCUT2D eigenvalue weighted by molar-refractivity contribution is 5.98. The monoisotopic (exact) mass is 270 g/mol. The number of rotatable bonds is 2. The van der Waals surface area contributed by atoms with Crippen LogP contribution in [0.15, 0.2) is 30.5 Å². The first-order valence-corrected chi connectivity index (χ1v) is 6.69. The van der Waals surface area contributed by atoms with E-state index in [2.05, 4.69) is 9.88 Å². The molecule has 1 atom stereocenters. The molecule has 1 amide bonds. The molecule has 1 unspecified atom stereocenters. The van der Waals surface area contributed by atoms with Crippen LogP contribution in [0.25, 0.3) is 10.9 Å². The summed E-state index contributed by atoms with van der Waals surface area (Å²) in [4.78, 5) is 18.1. The van der Waals surface area contributed by atoms with Gasteiger partial charge in [-0.1, -0.05) is 12.1 Å². The summed E-state index contributed by atoms with van der Waals surface area (Å²) in [5.74, 6) is -0.238. The minimum atomic E-state index is -0.462. The zero-order chi connectivity index (χ0) is 14.3. The Hall–Kier alpha value is -2.30. The fourth-order valence-corrected chi connectivity index (χ4v) is 2.83. The molecule has 5 heteroatoms. The number of carbonyl (C=O) groups excluding carboxylic acids is 1. The smallest absolute Gasteiger partial charge is 0.225 e. The van der Waals surface area contributed by atoms with Crippen molar-refractivity contribution < 1.29 is 4.79 Å². The van der Waals surface area contributed by atoms with Crippen LogP contribution in [0, 0.1) is 5.41 Å². The maximum atomic E-state index is 11.6. The van der Waals surface area contributed by atoms with Gasteiger partial charge in [0.25, 0.3) is 0 Å². The van der Waals surface area contributed by atoms with Crippen LogP contribution in [0.3, 0.4) is 0 Å². The Balaban J connectivity index is 2.04. The summed E-state index contributed by atoms with van der Waals surface area (Å²) in [7, 11) is 0. The third-order valence-corrected chi connectivity index (χ3v) is 4.19. The third kappa shape index (κ3) is 1.86. The number of nitrogens with zero attached hydrogens (tertiary/aromatic N) is 2. The molecule has 0 radical (unpaired) electrons. The molecule has 4 N–H and O–H groups in total. The number of hydrogen-bond acceptors (Lipinski definition) is 4. The second kappa shape index (κ2) is 4.37. The molecule has 0 bridgehead atoms. The van der Waals surface area contributed by atoms with E-state index in [-0.39, 0.29) is 5.91 Å². The van der Waals surface area contributed by atoms with E-state index in [1.165, 1.54) is 0 Å². The Labute approximate surface area is 117 Å². The Morgan fingerprint density at radius 1 is 1.40 bits per heavy atom. The number of pyridine rings is 1. The minimum absolute atomic E-state index is 0.238. The average Bonchev–Trinajstić information content (AvgIpc) is 2.83. The molecule has 2 aromatic rings. The largest absolute Gasteiger partial charge is 0.397 e. The molecule has 0 saturated carbocycles. The summed E-state index contributed by atoms with van der Waals surface area (Å²) < 4.78 is 0. The molecular formula is C15H18N4O. The van der Waals surface area contributed by atoms with Crippen molar-refractivity contribution in [1.82, 2.24) is 4.98 Å². The van der Waals surface area contributed by atoms with Gasteiger partial charge in [-0.2, -0.15) is 0 Å². The number of para-hydroxylation sites is 1. The lowest BCUT2D eigenvalue weighted by Crippen LogP contribution is -2.37. The van der Waals surface area contributed by atoms with Crippen LogP contribution in [0.2, 0.25) is 0 Å².